The molecule has 0 saturated heterocycles. The normalized spacial score (nSPS) is 16.1. The highest BCUT2D eigenvalue weighted by Gasteiger charge is 2.42. The molecule has 0 saturated carbocycles. The number of amidine groups is 2. The summed E-state index contributed by atoms with van der Waals surface area (Å²) in [5.41, 5.74) is 4.88. The van der Waals surface area contributed by atoms with Crippen molar-refractivity contribution in [2.24, 2.45) is 9.98 Å². The molecule has 2 aliphatic heterocycles. The molecule has 36 heavy (non-hydrogen) atoms. The van der Waals surface area contributed by atoms with Gasteiger partial charge in [0.15, 0.2) is 5.17 Å². The summed E-state index contributed by atoms with van der Waals surface area (Å²) in [6, 6.07) is 22.8. The zero-order chi connectivity index (χ0) is 25.1. The predicted octanol–water partition coefficient (Wildman–Crippen LogP) is 4.60. The van der Waals surface area contributed by atoms with Crippen LogP contribution in [0.15, 0.2) is 82.8 Å². The van der Waals surface area contributed by atoms with Crippen molar-refractivity contribution in [1.29, 1.82) is 0 Å². The maximum atomic E-state index is 13.0. The number of aliphatic imine (C=N–C) groups is 2. The van der Waals surface area contributed by atoms with Crippen LogP contribution < -0.4 is 10.1 Å². The minimum Gasteiger partial charge on any atom is -0.497 e. The van der Waals surface area contributed by atoms with Crippen LogP contribution in [0.2, 0.25) is 0 Å². The summed E-state index contributed by atoms with van der Waals surface area (Å²) >= 11 is 1.54. The van der Waals surface area contributed by atoms with E-state index in [0.717, 1.165) is 28.1 Å². The first-order valence-corrected chi connectivity index (χ1v) is 12.7. The summed E-state index contributed by atoms with van der Waals surface area (Å²) in [6.45, 7) is 2.42. The van der Waals surface area contributed by atoms with Crippen LogP contribution in [0.4, 0.5) is 5.69 Å². The van der Waals surface area contributed by atoms with Gasteiger partial charge in [-0.1, -0.05) is 65.9 Å². The lowest BCUT2D eigenvalue weighted by molar-refractivity contribution is -0.126. The Bertz CT molecular complexity index is 1350. The smallest absolute Gasteiger partial charge is 0.271 e. The van der Waals surface area contributed by atoms with E-state index in [1.54, 1.807) is 18.9 Å². The Morgan fingerprint density at radius 2 is 1.72 bits per heavy atom. The van der Waals surface area contributed by atoms with E-state index in [4.69, 9.17) is 9.73 Å². The minimum atomic E-state index is -0.728. The number of carbonyl (C=O) groups is 2. The van der Waals surface area contributed by atoms with Crippen LogP contribution in [0.25, 0.3) is 0 Å². The standard InChI is InChI=1S/C28H26N4O3S/c1-18-7-9-20(10-8-18)17-36-28-30-23-6-4-3-5-22(23)26-31-27(34)24(32(26)28)15-25(33)29-16-19-11-13-21(35-2)14-12-19/h3-14,24H,15-17H2,1-2H3,(H,29,33). The molecule has 2 amide bonds. The Hall–Kier alpha value is -3.91. The van der Waals surface area contributed by atoms with Crippen molar-refractivity contribution >= 4 is 40.3 Å². The SMILES string of the molecule is COc1ccc(CNC(=O)CC2C(=O)N=C3c4ccccc4N=C(SCc4ccc(C)cc4)N32)cc1. The molecule has 182 valence electrons. The van der Waals surface area contributed by atoms with E-state index in [-0.39, 0.29) is 18.2 Å². The van der Waals surface area contributed by atoms with Gasteiger partial charge < -0.3 is 10.1 Å². The van der Waals surface area contributed by atoms with Crippen LogP contribution in [-0.2, 0) is 21.9 Å². The molecule has 1 atom stereocenters. The molecule has 1 N–H and O–H groups in total. The van der Waals surface area contributed by atoms with Crippen molar-refractivity contribution in [3.05, 3.63) is 95.1 Å². The van der Waals surface area contributed by atoms with Crippen LogP contribution in [0.5, 0.6) is 5.75 Å². The molecule has 0 aliphatic carbocycles. The monoisotopic (exact) mass is 498 g/mol. The third kappa shape index (κ3) is 5.04. The van der Waals surface area contributed by atoms with Crippen molar-refractivity contribution in [2.75, 3.05) is 7.11 Å². The van der Waals surface area contributed by atoms with Gasteiger partial charge in [-0.15, -0.1) is 0 Å². The molecule has 3 aromatic rings. The van der Waals surface area contributed by atoms with Crippen LogP contribution >= 0.6 is 11.8 Å². The minimum absolute atomic E-state index is 0.00569. The zero-order valence-corrected chi connectivity index (χ0v) is 20.9. The first-order valence-electron chi connectivity index (χ1n) is 11.7. The molecule has 3 aromatic carbocycles. The number of carbonyl (C=O) groups excluding carboxylic acids is 2. The van der Waals surface area contributed by atoms with Crippen molar-refractivity contribution < 1.29 is 14.3 Å². The Balaban J connectivity index is 1.33. The van der Waals surface area contributed by atoms with E-state index < -0.39 is 6.04 Å². The average Bonchev–Trinajstić information content (AvgIpc) is 3.23. The highest BCUT2D eigenvalue weighted by molar-refractivity contribution is 8.13. The number of amides is 2. The lowest BCUT2D eigenvalue weighted by Gasteiger charge is -2.30. The van der Waals surface area contributed by atoms with E-state index in [0.29, 0.717) is 23.3 Å². The molecule has 7 nitrogen and oxygen atoms in total. The highest BCUT2D eigenvalue weighted by atomic mass is 32.2. The number of nitrogens with one attached hydrogen (secondary N) is 1. The second-order valence-corrected chi connectivity index (χ2v) is 9.62. The topological polar surface area (TPSA) is 83.4 Å². The second-order valence-electron chi connectivity index (χ2n) is 8.67. The highest BCUT2D eigenvalue weighted by Crippen LogP contribution is 2.35. The Kier molecular flexibility index (Phi) is 6.86. The van der Waals surface area contributed by atoms with Gasteiger partial charge in [0.2, 0.25) is 5.91 Å². The fraction of sp³-hybridized carbons (Fsp3) is 0.214. The van der Waals surface area contributed by atoms with E-state index in [9.17, 15) is 9.59 Å². The third-order valence-corrected chi connectivity index (χ3v) is 7.15. The fourth-order valence-electron chi connectivity index (χ4n) is 4.13. The van der Waals surface area contributed by atoms with Gasteiger partial charge in [0.05, 0.1) is 19.2 Å². The van der Waals surface area contributed by atoms with Crippen molar-refractivity contribution in [3.63, 3.8) is 0 Å². The largest absolute Gasteiger partial charge is 0.497 e. The van der Waals surface area contributed by atoms with Gasteiger partial charge in [-0.2, -0.15) is 4.99 Å². The number of ether oxygens (including phenoxy) is 1. The summed E-state index contributed by atoms with van der Waals surface area (Å²) in [5, 5.41) is 3.59. The summed E-state index contributed by atoms with van der Waals surface area (Å²) in [5.74, 6) is 1.46. The summed E-state index contributed by atoms with van der Waals surface area (Å²) in [7, 11) is 1.61. The maximum absolute atomic E-state index is 13.0. The maximum Gasteiger partial charge on any atom is 0.271 e. The number of hydrogen-bond acceptors (Lipinski definition) is 6. The van der Waals surface area contributed by atoms with E-state index in [1.165, 1.54) is 5.56 Å². The number of para-hydroxylation sites is 1. The summed E-state index contributed by atoms with van der Waals surface area (Å²) in [4.78, 5) is 36.9. The van der Waals surface area contributed by atoms with Crippen molar-refractivity contribution in [2.45, 2.75) is 31.7 Å². The lowest BCUT2D eigenvalue weighted by Crippen LogP contribution is -2.45. The first kappa shape index (κ1) is 23.8. The predicted molar refractivity (Wildman–Crippen MR) is 143 cm³/mol. The molecule has 5 rings (SSSR count). The molecule has 0 radical (unpaired) electrons. The molecule has 8 heteroatoms. The van der Waals surface area contributed by atoms with Crippen LogP contribution in [0.1, 0.15) is 28.7 Å². The number of hydrogen-bond donors (Lipinski definition) is 1. The second kappa shape index (κ2) is 10.4. The van der Waals surface area contributed by atoms with Crippen LogP contribution in [-0.4, -0.2) is 40.9 Å². The van der Waals surface area contributed by atoms with Crippen molar-refractivity contribution in [3.8, 4) is 5.75 Å². The number of aryl methyl sites for hydroxylation is 1. The Morgan fingerprint density at radius 1 is 1.00 bits per heavy atom. The number of fused-ring (bicyclic) bond motifs is 3. The van der Waals surface area contributed by atoms with E-state index >= 15 is 0 Å². The van der Waals surface area contributed by atoms with Gasteiger partial charge in [0.25, 0.3) is 5.91 Å². The van der Waals surface area contributed by atoms with Crippen molar-refractivity contribution in [1.82, 2.24) is 10.2 Å². The van der Waals surface area contributed by atoms with Gasteiger partial charge in [-0.25, -0.2) is 4.99 Å². The third-order valence-electron chi connectivity index (χ3n) is 6.12. The number of rotatable bonds is 7. The fourth-order valence-corrected chi connectivity index (χ4v) is 5.13. The molecule has 2 heterocycles. The summed E-state index contributed by atoms with van der Waals surface area (Å²) < 4.78 is 5.18. The van der Waals surface area contributed by atoms with Gasteiger partial charge in [-0.05, 0) is 42.3 Å². The lowest BCUT2D eigenvalue weighted by atomic mass is 10.1. The van der Waals surface area contributed by atoms with Gasteiger partial charge in [0, 0.05) is 17.9 Å². The number of methoxy groups -OCH3 is 1. The van der Waals surface area contributed by atoms with E-state index in [1.807, 2.05) is 53.4 Å². The van der Waals surface area contributed by atoms with Crippen LogP contribution in [0.3, 0.4) is 0 Å². The molecule has 0 bridgehead atoms. The van der Waals surface area contributed by atoms with E-state index in [2.05, 4.69) is 41.5 Å². The summed E-state index contributed by atoms with van der Waals surface area (Å²) in [6.07, 6.45) is -0.00569. The quantitative estimate of drug-likeness (QED) is 0.515. The number of nitrogens with zero attached hydrogens (tertiary/aromatic N) is 3. The van der Waals surface area contributed by atoms with Gasteiger partial charge >= 0.3 is 0 Å². The molecular weight excluding hydrogens is 472 g/mol. The Morgan fingerprint density at radius 3 is 2.47 bits per heavy atom. The number of thioether (sulfide) groups is 1. The molecule has 0 fully saturated rings. The van der Waals surface area contributed by atoms with Gasteiger partial charge in [-0.3, -0.25) is 14.5 Å². The zero-order valence-electron chi connectivity index (χ0n) is 20.1. The van der Waals surface area contributed by atoms with Gasteiger partial charge in [0.1, 0.15) is 17.6 Å². The molecule has 0 aromatic heterocycles. The van der Waals surface area contributed by atoms with Crippen LogP contribution in [0, 0.1) is 6.92 Å². The molecular formula is C28H26N4O3S. The molecule has 0 spiro atoms. The Labute approximate surface area is 214 Å². The molecule has 1 unspecified atom stereocenters. The molecule has 2 aliphatic rings. The average molecular weight is 499 g/mol. The first-order chi connectivity index (χ1) is 17.5. The number of benzene rings is 3.